The molecule has 7 nitrogen and oxygen atoms in total. The van der Waals surface area contributed by atoms with E-state index in [1.807, 2.05) is 29.2 Å². The van der Waals surface area contributed by atoms with E-state index in [2.05, 4.69) is 4.99 Å². The zero-order chi connectivity index (χ0) is 22.6. The Morgan fingerprint density at radius 2 is 1.78 bits per heavy atom. The number of aliphatic hydroxyl groups is 1. The third-order valence-corrected chi connectivity index (χ3v) is 6.62. The number of likely N-dealkylation sites (tertiary alicyclic amines) is 1. The van der Waals surface area contributed by atoms with E-state index in [-0.39, 0.29) is 24.3 Å². The molecule has 1 aliphatic carbocycles. The highest BCUT2D eigenvalue weighted by molar-refractivity contribution is 5.82. The lowest BCUT2D eigenvalue weighted by Gasteiger charge is -2.33. The van der Waals surface area contributed by atoms with Crippen LogP contribution in [-0.2, 0) is 21.7 Å². The van der Waals surface area contributed by atoms with Crippen molar-refractivity contribution in [1.29, 1.82) is 0 Å². The third-order valence-electron chi connectivity index (χ3n) is 6.62. The van der Waals surface area contributed by atoms with Crippen molar-refractivity contribution in [3.05, 3.63) is 65.7 Å². The van der Waals surface area contributed by atoms with E-state index in [1.165, 1.54) is 0 Å². The minimum Gasteiger partial charge on any atom is -0.508 e. The number of hydrogen-bond acceptors (Lipinski definition) is 5. The number of guanidine groups is 1. The fourth-order valence-corrected chi connectivity index (χ4v) is 4.74. The van der Waals surface area contributed by atoms with E-state index < -0.39 is 11.6 Å². The molecule has 2 atom stereocenters. The molecule has 0 bridgehead atoms. The first-order valence-electron chi connectivity index (χ1n) is 11.3. The highest BCUT2D eigenvalue weighted by Crippen LogP contribution is 2.42. The monoisotopic (exact) mass is 437 g/mol. The topological polar surface area (TPSA) is 108 Å². The molecule has 7 heteroatoms. The first-order chi connectivity index (χ1) is 15.5. The van der Waals surface area contributed by atoms with Gasteiger partial charge in [-0.1, -0.05) is 61.4 Å². The van der Waals surface area contributed by atoms with Crippen molar-refractivity contribution < 1.29 is 19.7 Å². The van der Waals surface area contributed by atoms with E-state index in [1.54, 1.807) is 30.3 Å². The van der Waals surface area contributed by atoms with Gasteiger partial charge in [-0.15, -0.1) is 0 Å². The summed E-state index contributed by atoms with van der Waals surface area (Å²) in [6.07, 6.45) is 3.89. The lowest BCUT2D eigenvalue weighted by Crippen LogP contribution is -2.45. The van der Waals surface area contributed by atoms with Crippen LogP contribution in [0.5, 0.6) is 5.75 Å². The molecule has 1 saturated heterocycles. The van der Waals surface area contributed by atoms with Crippen molar-refractivity contribution in [2.24, 2.45) is 16.6 Å². The van der Waals surface area contributed by atoms with E-state index in [9.17, 15) is 15.0 Å². The molecule has 2 aromatic carbocycles. The predicted molar refractivity (Wildman–Crippen MR) is 122 cm³/mol. The number of nitrogens with zero attached hydrogens (tertiary/aromatic N) is 2. The molecule has 2 unspecified atom stereocenters. The van der Waals surface area contributed by atoms with Crippen LogP contribution in [0.2, 0.25) is 0 Å². The molecule has 4 N–H and O–H groups in total. The number of rotatable bonds is 6. The standard InChI is InChI=1S/C25H31N3O4/c26-24(27-16-18-8-4-7-13-22(18)29)28-15-14-21(17-28)32-23(30)25(31,20-11-5-6-12-20)19-9-2-1-3-10-19/h1-4,7-10,13,20-21,29,31H,5-6,11-12,14-17H2,(H2,26,27). The van der Waals surface area contributed by atoms with Crippen LogP contribution in [0.4, 0.5) is 0 Å². The quantitative estimate of drug-likeness (QED) is 0.364. The molecule has 4 rings (SSSR count). The number of carbonyl (C=O) groups excluding carboxylic acids is 1. The number of phenolic OH excluding ortho intramolecular Hbond substituents is 1. The molecular weight excluding hydrogens is 406 g/mol. The van der Waals surface area contributed by atoms with Crippen LogP contribution in [0.3, 0.4) is 0 Å². The van der Waals surface area contributed by atoms with E-state index in [0.29, 0.717) is 36.6 Å². The highest BCUT2D eigenvalue weighted by Gasteiger charge is 2.48. The zero-order valence-electron chi connectivity index (χ0n) is 18.2. The second-order valence-corrected chi connectivity index (χ2v) is 8.68. The number of benzene rings is 2. The van der Waals surface area contributed by atoms with Crippen molar-refractivity contribution >= 4 is 11.9 Å². The molecular formula is C25H31N3O4. The molecule has 170 valence electrons. The van der Waals surface area contributed by atoms with Gasteiger partial charge in [-0.2, -0.15) is 0 Å². The molecule has 0 amide bonds. The van der Waals surface area contributed by atoms with Crippen molar-refractivity contribution in [2.75, 3.05) is 13.1 Å². The zero-order valence-corrected chi connectivity index (χ0v) is 18.2. The van der Waals surface area contributed by atoms with Gasteiger partial charge in [-0.3, -0.25) is 0 Å². The summed E-state index contributed by atoms with van der Waals surface area (Å²) in [6, 6.07) is 16.1. The summed E-state index contributed by atoms with van der Waals surface area (Å²) in [5.74, 6) is -0.183. The van der Waals surface area contributed by atoms with E-state index >= 15 is 0 Å². The molecule has 32 heavy (non-hydrogen) atoms. The number of aliphatic imine (C=N–C) groups is 1. The van der Waals surface area contributed by atoms with Gasteiger partial charge in [0, 0.05) is 24.4 Å². The van der Waals surface area contributed by atoms with Gasteiger partial charge in [-0.05, 0) is 24.5 Å². The SMILES string of the molecule is NC(=NCc1ccccc1O)N1CCC(OC(=O)C(O)(c2ccccc2)C2CCCC2)C1. The molecule has 0 spiro atoms. The maximum absolute atomic E-state index is 13.3. The predicted octanol–water partition coefficient (Wildman–Crippen LogP) is 2.90. The number of aromatic hydroxyl groups is 1. The van der Waals surface area contributed by atoms with Gasteiger partial charge in [-0.25, -0.2) is 9.79 Å². The van der Waals surface area contributed by atoms with Crippen LogP contribution in [0.25, 0.3) is 0 Å². The average Bonchev–Trinajstić information content (AvgIpc) is 3.51. The maximum Gasteiger partial charge on any atom is 0.343 e. The summed E-state index contributed by atoms with van der Waals surface area (Å²) in [4.78, 5) is 19.5. The van der Waals surface area contributed by atoms with Crippen LogP contribution in [0.1, 0.15) is 43.2 Å². The van der Waals surface area contributed by atoms with Gasteiger partial charge in [0.2, 0.25) is 0 Å². The molecule has 2 aliphatic rings. The molecule has 1 heterocycles. The van der Waals surface area contributed by atoms with E-state index in [0.717, 1.165) is 25.7 Å². The van der Waals surface area contributed by atoms with Crippen molar-refractivity contribution in [3.63, 3.8) is 0 Å². The van der Waals surface area contributed by atoms with Gasteiger partial charge < -0.3 is 25.6 Å². The number of nitrogens with two attached hydrogens (primary N) is 1. The Morgan fingerprint density at radius 3 is 2.50 bits per heavy atom. The van der Waals surface area contributed by atoms with Gasteiger partial charge >= 0.3 is 5.97 Å². The smallest absolute Gasteiger partial charge is 0.343 e. The van der Waals surface area contributed by atoms with Crippen molar-refractivity contribution in [2.45, 2.75) is 50.4 Å². The molecule has 1 aliphatic heterocycles. The van der Waals surface area contributed by atoms with Crippen molar-refractivity contribution in [1.82, 2.24) is 4.90 Å². The molecule has 2 fully saturated rings. The first kappa shape index (κ1) is 22.1. The normalized spacial score (nSPS) is 21.5. The van der Waals surface area contributed by atoms with Gasteiger partial charge in [0.25, 0.3) is 0 Å². The van der Waals surface area contributed by atoms with Gasteiger partial charge in [0.1, 0.15) is 11.9 Å². The van der Waals surface area contributed by atoms with Gasteiger partial charge in [0.15, 0.2) is 11.6 Å². The minimum atomic E-state index is -1.63. The Hall–Kier alpha value is -3.06. The Balaban J connectivity index is 1.41. The Labute approximate surface area is 188 Å². The summed E-state index contributed by atoms with van der Waals surface area (Å²) >= 11 is 0. The van der Waals surface area contributed by atoms with Crippen molar-refractivity contribution in [3.8, 4) is 5.75 Å². The van der Waals surface area contributed by atoms with Crippen LogP contribution < -0.4 is 5.73 Å². The lowest BCUT2D eigenvalue weighted by molar-refractivity contribution is -0.178. The highest BCUT2D eigenvalue weighted by atomic mass is 16.6. The van der Waals surface area contributed by atoms with Crippen LogP contribution in [0.15, 0.2) is 59.6 Å². The summed E-state index contributed by atoms with van der Waals surface area (Å²) in [5.41, 5.74) is 5.81. The van der Waals surface area contributed by atoms with Crippen LogP contribution in [-0.4, -0.2) is 46.2 Å². The number of carbonyl (C=O) groups is 1. The second-order valence-electron chi connectivity index (χ2n) is 8.68. The average molecular weight is 438 g/mol. The van der Waals surface area contributed by atoms with Gasteiger partial charge in [0.05, 0.1) is 13.1 Å². The first-order valence-corrected chi connectivity index (χ1v) is 11.3. The fraction of sp³-hybridized carbons (Fsp3) is 0.440. The van der Waals surface area contributed by atoms with Crippen LogP contribution >= 0.6 is 0 Å². The Kier molecular flexibility index (Phi) is 6.65. The molecule has 0 aromatic heterocycles. The number of para-hydroxylation sites is 1. The molecule has 1 saturated carbocycles. The molecule has 2 aromatic rings. The van der Waals surface area contributed by atoms with Crippen LogP contribution in [0, 0.1) is 5.92 Å². The number of phenols is 1. The lowest BCUT2D eigenvalue weighted by atomic mass is 9.80. The van der Waals surface area contributed by atoms with E-state index in [4.69, 9.17) is 10.5 Å². The minimum absolute atomic E-state index is 0.139. The summed E-state index contributed by atoms with van der Waals surface area (Å²) in [5, 5.41) is 21.4. The fourth-order valence-electron chi connectivity index (χ4n) is 4.74. The second kappa shape index (κ2) is 9.61. The summed E-state index contributed by atoms with van der Waals surface area (Å²) < 4.78 is 5.82. The summed E-state index contributed by atoms with van der Waals surface area (Å²) in [7, 11) is 0. The largest absolute Gasteiger partial charge is 0.508 e. The number of esters is 1. The Morgan fingerprint density at radius 1 is 1.09 bits per heavy atom. The third kappa shape index (κ3) is 4.58. The summed E-state index contributed by atoms with van der Waals surface area (Å²) in [6.45, 7) is 1.31. The number of ether oxygens (including phenoxy) is 1. The number of hydrogen-bond donors (Lipinski definition) is 3. The molecule has 0 radical (unpaired) electrons. The maximum atomic E-state index is 13.3. The Bertz CT molecular complexity index is 959.